The van der Waals surface area contributed by atoms with Gasteiger partial charge >= 0.3 is 0 Å². The molecule has 1 unspecified atom stereocenters. The molecule has 0 aliphatic carbocycles. The Kier molecular flexibility index (Phi) is 3.85. The molecule has 0 spiro atoms. The van der Waals surface area contributed by atoms with E-state index in [1.165, 1.54) is 16.7 Å². The second-order valence-corrected chi connectivity index (χ2v) is 5.17. The molecule has 3 rings (SSSR count). The van der Waals surface area contributed by atoms with E-state index in [-0.39, 0.29) is 5.92 Å². The third kappa shape index (κ3) is 2.76. The fraction of sp³-hybridized carbons (Fsp3) is 0.0526. The number of halogens is 1. The summed E-state index contributed by atoms with van der Waals surface area (Å²) in [5, 5.41) is 0.764. The SMILES string of the molecule is Clc1ccc(C(c2c[c]ccc2)c2ccccc2)cc1. The van der Waals surface area contributed by atoms with E-state index >= 15 is 0 Å². The van der Waals surface area contributed by atoms with Crippen LogP contribution in [-0.2, 0) is 0 Å². The number of rotatable bonds is 3. The first-order valence-corrected chi connectivity index (χ1v) is 6.99. The Hall–Kier alpha value is -2.05. The van der Waals surface area contributed by atoms with Crippen molar-refractivity contribution in [3.8, 4) is 0 Å². The summed E-state index contributed by atoms with van der Waals surface area (Å²) in [7, 11) is 0. The summed E-state index contributed by atoms with van der Waals surface area (Å²) in [4.78, 5) is 0. The summed E-state index contributed by atoms with van der Waals surface area (Å²) in [5.74, 6) is 0.214. The number of benzene rings is 3. The minimum Gasteiger partial charge on any atom is -0.0843 e. The van der Waals surface area contributed by atoms with Crippen molar-refractivity contribution in [2.45, 2.75) is 5.92 Å². The topological polar surface area (TPSA) is 0 Å². The minimum absolute atomic E-state index is 0.214. The van der Waals surface area contributed by atoms with Crippen LogP contribution in [0.4, 0.5) is 0 Å². The first-order valence-electron chi connectivity index (χ1n) is 6.61. The second-order valence-electron chi connectivity index (χ2n) is 4.73. The molecule has 0 aliphatic heterocycles. The maximum Gasteiger partial charge on any atom is 0.0406 e. The van der Waals surface area contributed by atoms with Gasteiger partial charge in [0.15, 0.2) is 0 Å². The third-order valence-corrected chi connectivity index (χ3v) is 3.65. The molecule has 1 heteroatoms. The molecule has 3 aromatic rings. The van der Waals surface area contributed by atoms with E-state index in [0.717, 1.165) is 5.02 Å². The molecule has 0 aromatic heterocycles. The highest BCUT2D eigenvalue weighted by Gasteiger charge is 2.15. The lowest BCUT2D eigenvalue weighted by Gasteiger charge is -2.18. The molecule has 0 bridgehead atoms. The summed E-state index contributed by atoms with van der Waals surface area (Å²) in [6.07, 6.45) is 0. The fourth-order valence-electron chi connectivity index (χ4n) is 2.46. The van der Waals surface area contributed by atoms with Gasteiger partial charge in [-0.1, -0.05) is 78.3 Å². The van der Waals surface area contributed by atoms with Crippen LogP contribution in [0, 0.1) is 6.07 Å². The fourth-order valence-corrected chi connectivity index (χ4v) is 2.59. The van der Waals surface area contributed by atoms with Crippen molar-refractivity contribution in [1.82, 2.24) is 0 Å². The predicted molar refractivity (Wildman–Crippen MR) is 84.1 cm³/mol. The molecule has 1 atom stereocenters. The first-order chi connectivity index (χ1) is 9.84. The zero-order chi connectivity index (χ0) is 13.8. The van der Waals surface area contributed by atoms with Crippen LogP contribution in [0.15, 0.2) is 78.9 Å². The van der Waals surface area contributed by atoms with Crippen molar-refractivity contribution in [3.63, 3.8) is 0 Å². The number of hydrogen-bond donors (Lipinski definition) is 0. The van der Waals surface area contributed by atoms with Crippen LogP contribution in [0.2, 0.25) is 5.02 Å². The Balaban J connectivity index is 2.11. The molecular weight excluding hydrogens is 264 g/mol. The van der Waals surface area contributed by atoms with Crippen molar-refractivity contribution in [2.24, 2.45) is 0 Å². The molecule has 0 saturated carbocycles. The van der Waals surface area contributed by atoms with E-state index in [1.54, 1.807) is 0 Å². The van der Waals surface area contributed by atoms with Crippen molar-refractivity contribution in [3.05, 3.63) is 107 Å². The van der Waals surface area contributed by atoms with E-state index in [0.29, 0.717) is 0 Å². The largest absolute Gasteiger partial charge is 0.0843 e. The van der Waals surface area contributed by atoms with Crippen molar-refractivity contribution in [2.75, 3.05) is 0 Å². The first kappa shape index (κ1) is 13.0. The molecule has 1 radical (unpaired) electrons. The normalized spacial score (nSPS) is 10.7. The molecule has 0 fully saturated rings. The highest BCUT2D eigenvalue weighted by molar-refractivity contribution is 6.30. The van der Waals surface area contributed by atoms with E-state index in [4.69, 9.17) is 11.6 Å². The quantitative estimate of drug-likeness (QED) is 0.568. The summed E-state index contributed by atoms with van der Waals surface area (Å²) in [5.41, 5.74) is 3.75. The van der Waals surface area contributed by atoms with Gasteiger partial charge in [-0.25, -0.2) is 0 Å². The molecule has 0 aliphatic rings. The third-order valence-electron chi connectivity index (χ3n) is 3.40. The van der Waals surface area contributed by atoms with Crippen LogP contribution in [0.5, 0.6) is 0 Å². The van der Waals surface area contributed by atoms with Crippen molar-refractivity contribution < 1.29 is 0 Å². The molecular formula is C19H14Cl. The van der Waals surface area contributed by atoms with Crippen LogP contribution < -0.4 is 0 Å². The maximum atomic E-state index is 6.00. The van der Waals surface area contributed by atoms with Crippen LogP contribution in [-0.4, -0.2) is 0 Å². The van der Waals surface area contributed by atoms with Crippen molar-refractivity contribution in [1.29, 1.82) is 0 Å². The Morgan fingerprint density at radius 3 is 2.00 bits per heavy atom. The van der Waals surface area contributed by atoms with Crippen LogP contribution in [0.1, 0.15) is 22.6 Å². The van der Waals surface area contributed by atoms with E-state index in [9.17, 15) is 0 Å². The van der Waals surface area contributed by atoms with Crippen LogP contribution in [0.3, 0.4) is 0 Å². The number of hydrogen-bond acceptors (Lipinski definition) is 0. The van der Waals surface area contributed by atoms with Gasteiger partial charge in [-0.05, 0) is 34.9 Å². The van der Waals surface area contributed by atoms with Gasteiger partial charge in [0.1, 0.15) is 0 Å². The van der Waals surface area contributed by atoms with Gasteiger partial charge in [-0.15, -0.1) is 0 Å². The van der Waals surface area contributed by atoms with Crippen molar-refractivity contribution >= 4 is 11.6 Å². The molecule has 0 amide bonds. The Labute approximate surface area is 124 Å². The van der Waals surface area contributed by atoms with Gasteiger partial charge in [0.05, 0.1) is 0 Å². The predicted octanol–water partition coefficient (Wildman–Crippen LogP) is 5.32. The molecule has 0 heterocycles. The lowest BCUT2D eigenvalue weighted by atomic mass is 9.85. The van der Waals surface area contributed by atoms with Gasteiger partial charge in [0, 0.05) is 10.9 Å². The molecule has 20 heavy (non-hydrogen) atoms. The highest BCUT2D eigenvalue weighted by atomic mass is 35.5. The Morgan fingerprint density at radius 1 is 0.700 bits per heavy atom. The van der Waals surface area contributed by atoms with Crippen LogP contribution >= 0.6 is 11.6 Å². The highest BCUT2D eigenvalue weighted by Crippen LogP contribution is 2.32. The summed E-state index contributed by atoms with van der Waals surface area (Å²) >= 11 is 6.00. The zero-order valence-corrected chi connectivity index (χ0v) is 11.7. The molecule has 0 nitrogen and oxygen atoms in total. The molecule has 3 aromatic carbocycles. The van der Waals surface area contributed by atoms with Gasteiger partial charge in [0.25, 0.3) is 0 Å². The van der Waals surface area contributed by atoms with Gasteiger partial charge in [0.2, 0.25) is 0 Å². The van der Waals surface area contributed by atoms with Gasteiger partial charge in [-0.3, -0.25) is 0 Å². The molecule has 0 saturated heterocycles. The minimum atomic E-state index is 0.214. The Bertz CT molecular complexity index is 618. The molecule has 0 N–H and O–H groups in total. The second kappa shape index (κ2) is 5.94. The van der Waals surface area contributed by atoms with Crippen LogP contribution in [0.25, 0.3) is 0 Å². The average Bonchev–Trinajstić information content (AvgIpc) is 2.52. The standard InChI is InChI=1S/C19H14Cl/c20-18-13-11-17(12-14-18)19(15-7-3-1-4-8-15)16-9-5-2-6-10-16/h1-5,7-14,19H. The van der Waals surface area contributed by atoms with E-state index in [2.05, 4.69) is 48.5 Å². The lowest BCUT2D eigenvalue weighted by molar-refractivity contribution is 0.977. The van der Waals surface area contributed by atoms with E-state index in [1.807, 2.05) is 36.4 Å². The molecule has 97 valence electrons. The van der Waals surface area contributed by atoms with E-state index < -0.39 is 0 Å². The Morgan fingerprint density at radius 2 is 1.35 bits per heavy atom. The average molecular weight is 278 g/mol. The summed E-state index contributed by atoms with van der Waals surface area (Å²) < 4.78 is 0. The zero-order valence-electron chi connectivity index (χ0n) is 11.0. The lowest BCUT2D eigenvalue weighted by Crippen LogP contribution is -2.02. The monoisotopic (exact) mass is 277 g/mol. The van der Waals surface area contributed by atoms with Gasteiger partial charge in [-0.2, -0.15) is 0 Å². The summed E-state index contributed by atoms with van der Waals surface area (Å²) in [6, 6.07) is 29.9. The van der Waals surface area contributed by atoms with Gasteiger partial charge < -0.3 is 0 Å². The maximum absolute atomic E-state index is 6.00. The summed E-state index contributed by atoms with van der Waals surface area (Å²) in [6.45, 7) is 0. The smallest absolute Gasteiger partial charge is 0.0406 e.